The van der Waals surface area contributed by atoms with Gasteiger partial charge in [-0.1, -0.05) is 60.1 Å². The third-order valence-corrected chi connectivity index (χ3v) is 16.5. The van der Waals surface area contributed by atoms with E-state index >= 15 is 0 Å². The highest BCUT2D eigenvalue weighted by molar-refractivity contribution is 5.77. The highest BCUT2D eigenvalue weighted by Gasteiger charge is 2.71. The summed E-state index contributed by atoms with van der Waals surface area (Å²) < 4.78 is 23.5. The lowest BCUT2D eigenvalue weighted by atomic mass is 9.33. The maximum atomic E-state index is 13.1. The number of carboxylic acid groups (broad SMARTS) is 1. The van der Waals surface area contributed by atoms with Crippen LogP contribution in [-0.2, 0) is 23.7 Å². The van der Waals surface area contributed by atoms with Crippen molar-refractivity contribution in [1.82, 2.24) is 0 Å². The fourth-order valence-corrected chi connectivity index (χ4v) is 13.2. The monoisotopic (exact) mass is 736 g/mol. The van der Waals surface area contributed by atoms with E-state index in [1.54, 1.807) is 0 Å². The quantitative estimate of drug-likeness (QED) is 0.161. The van der Waals surface area contributed by atoms with Crippen LogP contribution in [0.15, 0.2) is 11.6 Å². The van der Waals surface area contributed by atoms with Crippen LogP contribution in [0.1, 0.15) is 106 Å². The van der Waals surface area contributed by atoms with E-state index < -0.39 is 66.7 Å². The van der Waals surface area contributed by atoms with Crippen molar-refractivity contribution in [3.8, 4) is 0 Å². The van der Waals surface area contributed by atoms with Crippen molar-refractivity contribution in [2.45, 2.75) is 168 Å². The van der Waals surface area contributed by atoms with Gasteiger partial charge in [0.05, 0.1) is 25.4 Å². The highest BCUT2D eigenvalue weighted by atomic mass is 16.7. The minimum Gasteiger partial charge on any atom is -0.481 e. The van der Waals surface area contributed by atoms with Crippen molar-refractivity contribution >= 4 is 5.97 Å². The second kappa shape index (κ2) is 12.9. The van der Waals surface area contributed by atoms with Gasteiger partial charge in [0.2, 0.25) is 0 Å². The van der Waals surface area contributed by atoms with Gasteiger partial charge in [0.25, 0.3) is 0 Å². The van der Waals surface area contributed by atoms with Gasteiger partial charge in [-0.15, -0.1) is 0 Å². The number of hydrogen-bond acceptors (Lipinski definition) is 11. The highest BCUT2D eigenvalue weighted by Crippen LogP contribution is 2.76. The van der Waals surface area contributed by atoms with Crippen LogP contribution in [0.3, 0.4) is 0 Å². The van der Waals surface area contributed by atoms with Crippen LogP contribution in [0.4, 0.5) is 0 Å². The average Bonchev–Trinajstić information content (AvgIpc) is 3.05. The average molecular weight is 737 g/mol. The molecule has 7 rings (SSSR count). The number of allylic oxidation sites excluding steroid dienone is 2. The summed E-state index contributed by atoms with van der Waals surface area (Å²) in [5.74, 6) is -0.439. The molecule has 0 bridgehead atoms. The third kappa shape index (κ3) is 5.55. The first-order valence-corrected chi connectivity index (χ1v) is 19.7. The Morgan fingerprint density at radius 2 is 1.40 bits per heavy atom. The molecule has 2 aliphatic heterocycles. The lowest BCUT2D eigenvalue weighted by Gasteiger charge is -2.71. The number of aliphatic hydroxyl groups is 6. The predicted molar refractivity (Wildman–Crippen MR) is 187 cm³/mol. The molecule has 12 nitrogen and oxygen atoms in total. The smallest absolute Gasteiger partial charge is 0.312 e. The minimum absolute atomic E-state index is 0.00613. The molecule has 1 unspecified atom stereocenters. The summed E-state index contributed by atoms with van der Waals surface area (Å²) in [6.45, 7) is 15.7. The van der Waals surface area contributed by atoms with E-state index in [0.29, 0.717) is 18.8 Å². The molecule has 2 heterocycles. The van der Waals surface area contributed by atoms with E-state index in [1.807, 2.05) is 0 Å². The van der Waals surface area contributed by atoms with E-state index in [2.05, 4.69) is 54.5 Å². The summed E-state index contributed by atoms with van der Waals surface area (Å²) in [6.07, 6.45) is -2.41. The van der Waals surface area contributed by atoms with Crippen molar-refractivity contribution in [3.05, 3.63) is 11.6 Å². The van der Waals surface area contributed by atoms with E-state index in [0.717, 1.165) is 44.9 Å². The molecule has 0 aromatic carbocycles. The molecule has 2 saturated heterocycles. The van der Waals surface area contributed by atoms with Crippen LogP contribution in [0.5, 0.6) is 0 Å². The third-order valence-electron chi connectivity index (χ3n) is 16.5. The molecule has 4 saturated carbocycles. The van der Waals surface area contributed by atoms with Crippen LogP contribution in [0.2, 0.25) is 0 Å². The number of carboxylic acids is 1. The van der Waals surface area contributed by atoms with Crippen LogP contribution in [0, 0.1) is 50.2 Å². The second-order valence-electron chi connectivity index (χ2n) is 19.9. The second-order valence-corrected chi connectivity index (χ2v) is 19.9. The van der Waals surface area contributed by atoms with Crippen LogP contribution < -0.4 is 0 Å². The fraction of sp³-hybridized carbons (Fsp3) is 0.925. The molecule has 0 amide bonds. The van der Waals surface area contributed by atoms with Gasteiger partial charge in [0.1, 0.15) is 42.0 Å². The normalized spacial score (nSPS) is 54.1. The van der Waals surface area contributed by atoms with E-state index in [9.17, 15) is 40.5 Å². The van der Waals surface area contributed by atoms with Gasteiger partial charge in [-0.05, 0) is 103 Å². The molecular weight excluding hydrogens is 672 g/mol. The number of hydrogen-bond donors (Lipinski definition) is 7. The minimum atomic E-state index is -1.54. The van der Waals surface area contributed by atoms with Gasteiger partial charge in [-0.25, -0.2) is 0 Å². The van der Waals surface area contributed by atoms with Crippen LogP contribution >= 0.6 is 0 Å². The van der Waals surface area contributed by atoms with E-state index in [1.165, 1.54) is 5.57 Å². The van der Waals surface area contributed by atoms with Crippen LogP contribution in [0.25, 0.3) is 0 Å². The number of ether oxygens (including phenoxy) is 4. The van der Waals surface area contributed by atoms with Crippen LogP contribution in [-0.4, -0.2) is 116 Å². The first kappa shape index (κ1) is 39.1. The van der Waals surface area contributed by atoms with E-state index in [-0.39, 0.29) is 58.2 Å². The SMILES string of the molecule is CC1(C)CC[C@]2(C(=O)O)[C@H](O)C[C@]3(C)C(=CC[C@@H]4[C@@]5(C)CC[C@H](O[C@@H]6OC[C@H](O[C@@H]7OC[C@H](O)[C@H](O)[C@H]7O)[C@H](O)[C@H]6O)C(C)(C)C5CC[C@]43C)[C@H]2C1. The number of aliphatic carboxylic acids is 1. The zero-order valence-corrected chi connectivity index (χ0v) is 32.0. The molecule has 12 heteroatoms. The lowest BCUT2D eigenvalue weighted by molar-refractivity contribution is -0.341. The molecule has 17 atom stereocenters. The van der Waals surface area contributed by atoms with Gasteiger partial charge < -0.3 is 54.7 Å². The van der Waals surface area contributed by atoms with Gasteiger partial charge in [0.15, 0.2) is 12.6 Å². The molecule has 0 radical (unpaired) electrons. The van der Waals surface area contributed by atoms with Gasteiger partial charge in [-0.3, -0.25) is 4.79 Å². The molecule has 296 valence electrons. The Morgan fingerprint density at radius 1 is 0.750 bits per heavy atom. The predicted octanol–water partition coefficient (Wildman–Crippen LogP) is 3.13. The standard InChI is InChI=1S/C40H64O12/c1-35(2)14-15-40(34(47)48)21(16-35)20-8-9-25-37(5)12-11-27(36(3,4)24(37)10-13-38(25,6)39(20,7)17-26(40)42)52-33-31(46)29(44)23(19-50-33)51-32-30(45)28(43)22(41)18-49-32/h8,21-33,41-46H,9-19H2,1-7H3,(H,47,48)/t21-,22+,23+,24?,25-,26-,27+,28+,29+,30-,31-,32+,33+,37+,38-,39-,40-/m1/s1. The molecule has 52 heavy (non-hydrogen) atoms. The summed E-state index contributed by atoms with van der Waals surface area (Å²) in [5, 5.41) is 74.9. The van der Waals surface area contributed by atoms with Gasteiger partial charge in [0, 0.05) is 0 Å². The maximum absolute atomic E-state index is 13.1. The largest absolute Gasteiger partial charge is 0.481 e. The van der Waals surface area contributed by atoms with Gasteiger partial charge >= 0.3 is 5.97 Å². The van der Waals surface area contributed by atoms with Crippen molar-refractivity contribution in [2.75, 3.05) is 13.2 Å². The molecular formula is C40H64O12. The zero-order valence-electron chi connectivity index (χ0n) is 32.0. The summed E-state index contributed by atoms with van der Waals surface area (Å²) >= 11 is 0. The van der Waals surface area contributed by atoms with E-state index in [4.69, 9.17) is 18.9 Å². The summed E-state index contributed by atoms with van der Waals surface area (Å²) in [7, 11) is 0. The Balaban J connectivity index is 1.08. The summed E-state index contributed by atoms with van der Waals surface area (Å²) in [4.78, 5) is 13.1. The van der Waals surface area contributed by atoms with Crippen molar-refractivity contribution in [3.63, 3.8) is 0 Å². The number of aliphatic hydroxyl groups excluding tert-OH is 6. The van der Waals surface area contributed by atoms with Crippen molar-refractivity contribution < 1.29 is 59.5 Å². The molecule has 6 fully saturated rings. The number of fused-ring (bicyclic) bond motifs is 7. The number of rotatable bonds is 5. The Labute approximate surface area is 307 Å². The van der Waals surface area contributed by atoms with Gasteiger partial charge in [-0.2, -0.15) is 0 Å². The van der Waals surface area contributed by atoms with Crippen molar-refractivity contribution in [1.29, 1.82) is 0 Å². The molecule has 7 N–H and O–H groups in total. The fourth-order valence-electron chi connectivity index (χ4n) is 13.2. The summed E-state index contributed by atoms with van der Waals surface area (Å²) in [6, 6.07) is 0. The Morgan fingerprint density at radius 3 is 2.10 bits per heavy atom. The molecule has 7 aliphatic rings. The Bertz CT molecular complexity index is 1420. The molecule has 0 spiro atoms. The first-order chi connectivity index (χ1) is 24.1. The topological polar surface area (TPSA) is 196 Å². The molecule has 5 aliphatic carbocycles. The molecule has 0 aromatic heterocycles. The first-order valence-electron chi connectivity index (χ1n) is 19.7. The lowest BCUT2D eigenvalue weighted by Crippen LogP contribution is -2.67. The Hall–Kier alpha value is -1.19. The number of carbonyl (C=O) groups is 1. The summed E-state index contributed by atoms with van der Waals surface area (Å²) in [5.41, 5.74) is -0.684. The Kier molecular flexibility index (Phi) is 9.71. The van der Waals surface area contributed by atoms with Crippen molar-refractivity contribution in [2.24, 2.45) is 50.2 Å². The zero-order chi connectivity index (χ0) is 38.0. The maximum Gasteiger partial charge on any atom is 0.312 e. The molecule has 0 aromatic rings.